The number of allylic oxidation sites excluding steroid dienone is 2. The van der Waals surface area contributed by atoms with Gasteiger partial charge < -0.3 is 5.32 Å². The van der Waals surface area contributed by atoms with Gasteiger partial charge >= 0.3 is 0 Å². The Balaban J connectivity index is 2.66. The summed E-state index contributed by atoms with van der Waals surface area (Å²) in [6.45, 7) is 5.55. The number of hydrogen-bond donors (Lipinski definition) is 2. The Bertz CT molecular complexity index is 323. The topological polar surface area (TPSA) is 35.9 Å². The molecule has 2 nitrogen and oxygen atoms in total. The molecule has 3 heteroatoms. The van der Waals surface area contributed by atoms with E-state index < -0.39 is 0 Å². The van der Waals surface area contributed by atoms with E-state index >= 15 is 0 Å². The van der Waals surface area contributed by atoms with Crippen LogP contribution in [0.5, 0.6) is 0 Å². The largest absolute Gasteiger partial charge is 0.340 e. The van der Waals surface area contributed by atoms with E-state index in [2.05, 4.69) is 11.9 Å². The smallest absolute Gasteiger partial charge is 0.140 e. The summed E-state index contributed by atoms with van der Waals surface area (Å²) in [4.78, 5) is 0.932. The molecule has 1 rings (SSSR count). The van der Waals surface area contributed by atoms with Crippen LogP contribution in [-0.2, 0) is 0 Å². The molecule has 0 aliphatic heterocycles. The molecule has 0 saturated heterocycles. The molecule has 0 aromatic carbocycles. The first-order valence-corrected chi connectivity index (χ1v) is 4.84. The lowest BCUT2D eigenvalue weighted by atomic mass is 10.3. The Hall–Kier alpha value is -1.35. The molecule has 1 aromatic heterocycles. The lowest BCUT2D eigenvalue weighted by molar-refractivity contribution is 1.15. The summed E-state index contributed by atoms with van der Waals surface area (Å²) in [6, 6.07) is 3.84. The number of hydrogen-bond acceptors (Lipinski definition) is 2. The molecule has 0 aliphatic carbocycles. The van der Waals surface area contributed by atoms with Gasteiger partial charge in [0.05, 0.1) is 4.88 Å². The van der Waals surface area contributed by atoms with Crippen molar-refractivity contribution in [1.29, 1.82) is 5.41 Å². The number of rotatable bonds is 3. The Morgan fingerprint density at radius 2 is 2.46 bits per heavy atom. The van der Waals surface area contributed by atoms with Gasteiger partial charge in [-0.2, -0.15) is 0 Å². The van der Waals surface area contributed by atoms with Gasteiger partial charge in [0.1, 0.15) is 5.84 Å². The summed E-state index contributed by atoms with van der Waals surface area (Å²) in [6.07, 6.45) is 3.58. The molecule has 68 valence electrons. The van der Waals surface area contributed by atoms with E-state index in [0.29, 0.717) is 5.84 Å². The summed E-state index contributed by atoms with van der Waals surface area (Å²) in [5, 5.41) is 12.6. The van der Waals surface area contributed by atoms with Crippen LogP contribution in [0.1, 0.15) is 11.8 Å². The van der Waals surface area contributed by atoms with E-state index in [4.69, 9.17) is 5.41 Å². The molecule has 0 bridgehead atoms. The zero-order valence-electron chi connectivity index (χ0n) is 7.50. The van der Waals surface area contributed by atoms with Crippen LogP contribution in [-0.4, -0.2) is 5.84 Å². The monoisotopic (exact) mass is 192 g/mol. The molecule has 0 unspecified atom stereocenters. The zero-order chi connectivity index (χ0) is 9.68. The Morgan fingerprint density at radius 1 is 1.69 bits per heavy atom. The molecule has 1 heterocycles. The van der Waals surface area contributed by atoms with Crippen LogP contribution in [0.25, 0.3) is 0 Å². The van der Waals surface area contributed by atoms with Crippen LogP contribution >= 0.6 is 11.3 Å². The maximum Gasteiger partial charge on any atom is 0.140 e. The quantitative estimate of drug-likeness (QED) is 0.431. The average molecular weight is 192 g/mol. The summed E-state index contributed by atoms with van der Waals surface area (Å²) in [7, 11) is 0. The van der Waals surface area contributed by atoms with Gasteiger partial charge in [0.15, 0.2) is 0 Å². The fourth-order valence-electron chi connectivity index (χ4n) is 0.868. The van der Waals surface area contributed by atoms with Gasteiger partial charge in [-0.05, 0) is 24.4 Å². The molecule has 0 aliphatic rings. The average Bonchev–Trinajstić information content (AvgIpc) is 2.66. The van der Waals surface area contributed by atoms with Crippen molar-refractivity contribution in [2.45, 2.75) is 6.92 Å². The summed E-state index contributed by atoms with van der Waals surface area (Å²) >= 11 is 1.55. The van der Waals surface area contributed by atoms with E-state index in [0.717, 1.165) is 10.6 Å². The summed E-state index contributed by atoms with van der Waals surface area (Å²) in [5.74, 6) is 0.419. The van der Waals surface area contributed by atoms with Crippen molar-refractivity contribution in [3.8, 4) is 0 Å². The van der Waals surface area contributed by atoms with Crippen molar-refractivity contribution in [1.82, 2.24) is 5.32 Å². The molecule has 0 saturated carbocycles. The highest BCUT2D eigenvalue weighted by Gasteiger charge is 2.01. The summed E-state index contributed by atoms with van der Waals surface area (Å²) in [5.41, 5.74) is 0.860. The molecule has 0 radical (unpaired) electrons. The first-order chi connectivity index (χ1) is 6.27. The second kappa shape index (κ2) is 4.62. The maximum atomic E-state index is 7.69. The van der Waals surface area contributed by atoms with Gasteiger partial charge in [-0.3, -0.25) is 5.41 Å². The standard InChI is InChI=1S/C10H12N2S/c1-3-8(4-2)12-10(11)9-6-5-7-13-9/h3-7H,1H2,2H3,(H2,11,12)/b8-4+. The van der Waals surface area contributed by atoms with Gasteiger partial charge in [0.2, 0.25) is 0 Å². The Labute approximate surface area is 82.1 Å². The van der Waals surface area contributed by atoms with Crippen LogP contribution < -0.4 is 5.32 Å². The van der Waals surface area contributed by atoms with Crippen molar-refractivity contribution in [3.63, 3.8) is 0 Å². The maximum absolute atomic E-state index is 7.69. The predicted octanol–water partition coefficient (Wildman–Crippen LogP) is 2.75. The van der Waals surface area contributed by atoms with Crippen LogP contribution in [0.4, 0.5) is 0 Å². The van der Waals surface area contributed by atoms with Crippen LogP contribution in [0.2, 0.25) is 0 Å². The van der Waals surface area contributed by atoms with E-state index in [1.54, 1.807) is 17.4 Å². The number of nitrogens with one attached hydrogen (secondary N) is 2. The SMILES string of the molecule is C=C/C(=C\C)NC(=N)c1cccs1. The van der Waals surface area contributed by atoms with Crippen LogP contribution in [0.15, 0.2) is 41.9 Å². The van der Waals surface area contributed by atoms with Crippen molar-refractivity contribution in [3.05, 3.63) is 46.8 Å². The van der Waals surface area contributed by atoms with Gasteiger partial charge in [-0.1, -0.05) is 18.7 Å². The van der Waals surface area contributed by atoms with Crippen molar-refractivity contribution >= 4 is 17.2 Å². The minimum Gasteiger partial charge on any atom is -0.340 e. The van der Waals surface area contributed by atoms with E-state index in [9.17, 15) is 0 Å². The zero-order valence-corrected chi connectivity index (χ0v) is 8.32. The van der Waals surface area contributed by atoms with Crippen LogP contribution in [0, 0.1) is 5.41 Å². The molecular weight excluding hydrogens is 180 g/mol. The Morgan fingerprint density at radius 3 is 2.92 bits per heavy atom. The fourth-order valence-corrected chi connectivity index (χ4v) is 1.50. The lowest BCUT2D eigenvalue weighted by Crippen LogP contribution is -2.20. The molecule has 0 fully saturated rings. The number of thiophene rings is 1. The second-order valence-electron chi connectivity index (χ2n) is 2.43. The van der Waals surface area contributed by atoms with Crippen LogP contribution in [0.3, 0.4) is 0 Å². The highest BCUT2D eigenvalue weighted by molar-refractivity contribution is 7.12. The third-order valence-electron chi connectivity index (χ3n) is 1.57. The number of amidine groups is 1. The van der Waals surface area contributed by atoms with Gasteiger partial charge in [0.25, 0.3) is 0 Å². The summed E-state index contributed by atoms with van der Waals surface area (Å²) < 4.78 is 0. The molecule has 13 heavy (non-hydrogen) atoms. The van der Waals surface area contributed by atoms with Gasteiger partial charge in [-0.15, -0.1) is 11.3 Å². The van der Waals surface area contributed by atoms with Crippen molar-refractivity contribution in [2.24, 2.45) is 0 Å². The van der Waals surface area contributed by atoms with Crippen molar-refractivity contribution in [2.75, 3.05) is 0 Å². The van der Waals surface area contributed by atoms with Gasteiger partial charge in [-0.25, -0.2) is 0 Å². The van der Waals surface area contributed by atoms with E-state index in [1.165, 1.54) is 0 Å². The molecule has 0 atom stereocenters. The third-order valence-corrected chi connectivity index (χ3v) is 2.46. The predicted molar refractivity (Wildman–Crippen MR) is 58.2 cm³/mol. The first kappa shape index (κ1) is 9.74. The lowest BCUT2D eigenvalue weighted by Gasteiger charge is -2.05. The third kappa shape index (κ3) is 2.56. The molecule has 2 N–H and O–H groups in total. The minimum atomic E-state index is 0.419. The van der Waals surface area contributed by atoms with E-state index in [1.807, 2.05) is 30.5 Å². The minimum absolute atomic E-state index is 0.419. The molecule has 0 amide bonds. The fraction of sp³-hybridized carbons (Fsp3) is 0.100. The Kier molecular flexibility index (Phi) is 3.46. The van der Waals surface area contributed by atoms with Gasteiger partial charge in [0, 0.05) is 5.70 Å². The van der Waals surface area contributed by atoms with E-state index in [-0.39, 0.29) is 0 Å². The molecule has 1 aromatic rings. The van der Waals surface area contributed by atoms with Crippen molar-refractivity contribution < 1.29 is 0 Å². The molecular formula is C10H12N2S. The first-order valence-electron chi connectivity index (χ1n) is 3.96. The highest BCUT2D eigenvalue weighted by Crippen LogP contribution is 2.08. The highest BCUT2D eigenvalue weighted by atomic mass is 32.1. The molecule has 0 spiro atoms. The normalized spacial score (nSPS) is 11.0. The second-order valence-corrected chi connectivity index (χ2v) is 3.37.